The van der Waals surface area contributed by atoms with Crippen LogP contribution >= 0.6 is 7.75 Å². The smallest absolute Gasteiger partial charge is 0.427 e. The second-order valence-electron chi connectivity index (χ2n) is 5.19. The summed E-state index contributed by atoms with van der Waals surface area (Å²) in [7, 11) is -4.42. The van der Waals surface area contributed by atoms with Gasteiger partial charge in [-0.15, -0.1) is 0 Å². The van der Waals surface area contributed by atoms with E-state index >= 15 is 0 Å². The highest BCUT2D eigenvalue weighted by Crippen LogP contribution is 2.38. The lowest BCUT2D eigenvalue weighted by Gasteiger charge is -2.17. The van der Waals surface area contributed by atoms with Crippen molar-refractivity contribution in [3.05, 3.63) is 53.6 Å². The number of phenols is 2. The van der Waals surface area contributed by atoms with Gasteiger partial charge >= 0.3 is 7.75 Å². The normalized spacial score (nSPS) is 12.9. The Morgan fingerprint density at radius 1 is 1.05 bits per heavy atom. The van der Waals surface area contributed by atoms with Gasteiger partial charge in [0.2, 0.25) is 0 Å². The summed E-state index contributed by atoms with van der Waals surface area (Å²) >= 11 is 0. The first-order valence-electron chi connectivity index (χ1n) is 6.69. The van der Waals surface area contributed by atoms with Crippen molar-refractivity contribution in [2.45, 2.75) is 19.3 Å². The van der Waals surface area contributed by atoms with Crippen LogP contribution in [-0.4, -0.2) is 20.0 Å². The Bertz CT molecular complexity index is 696. The highest BCUT2D eigenvalue weighted by Gasteiger charge is 2.17. The van der Waals surface area contributed by atoms with Crippen molar-refractivity contribution in [1.82, 2.24) is 0 Å². The molecule has 0 aliphatic rings. The van der Waals surface area contributed by atoms with Crippen molar-refractivity contribution in [3.8, 4) is 11.5 Å². The first kappa shape index (κ1) is 16.4. The molecule has 7 heteroatoms. The van der Waals surface area contributed by atoms with Crippen LogP contribution in [0, 0.1) is 0 Å². The average molecular weight is 323 g/mol. The minimum absolute atomic E-state index is 0.0316. The standard InChI is InChI=1S/C15H18NO5P/c1-10(11-2-4-13(17)5-3-11)8-12-9-14(18)6-7-15(12)16-22(19,20)21/h2-7,9-10,17-18H,8H2,1H3,(H3,16,19,20,21). The van der Waals surface area contributed by atoms with Crippen molar-refractivity contribution >= 4 is 13.4 Å². The third-order valence-electron chi connectivity index (χ3n) is 3.34. The zero-order valence-corrected chi connectivity index (χ0v) is 12.9. The van der Waals surface area contributed by atoms with Gasteiger partial charge in [-0.05, 0) is 53.8 Å². The third kappa shape index (κ3) is 4.49. The molecule has 0 fully saturated rings. The average Bonchev–Trinajstić information content (AvgIpc) is 2.41. The third-order valence-corrected chi connectivity index (χ3v) is 3.88. The van der Waals surface area contributed by atoms with Crippen LogP contribution < -0.4 is 5.09 Å². The van der Waals surface area contributed by atoms with Crippen molar-refractivity contribution < 1.29 is 24.6 Å². The number of anilines is 1. The zero-order valence-electron chi connectivity index (χ0n) is 12.0. The SMILES string of the molecule is CC(Cc1cc(O)ccc1NP(=O)(O)O)c1ccc(O)cc1. The van der Waals surface area contributed by atoms with Crippen molar-refractivity contribution in [2.24, 2.45) is 0 Å². The molecule has 118 valence electrons. The van der Waals surface area contributed by atoms with Gasteiger partial charge in [0, 0.05) is 5.69 Å². The Hall–Kier alpha value is -2.01. The van der Waals surface area contributed by atoms with E-state index < -0.39 is 7.75 Å². The molecule has 0 aliphatic heterocycles. The summed E-state index contributed by atoms with van der Waals surface area (Å²) in [5.41, 5.74) is 1.86. The van der Waals surface area contributed by atoms with Crippen LogP contribution in [0.2, 0.25) is 0 Å². The number of nitrogens with one attached hydrogen (secondary N) is 1. The van der Waals surface area contributed by atoms with E-state index in [4.69, 9.17) is 9.79 Å². The highest BCUT2D eigenvalue weighted by molar-refractivity contribution is 7.53. The summed E-state index contributed by atoms with van der Waals surface area (Å²) in [5.74, 6) is 0.251. The Kier molecular flexibility index (Phi) is 4.76. The fourth-order valence-corrected chi connectivity index (χ4v) is 2.80. The Labute approximate surface area is 128 Å². The Balaban J connectivity index is 2.25. The van der Waals surface area contributed by atoms with Crippen LogP contribution in [0.25, 0.3) is 0 Å². The summed E-state index contributed by atoms with van der Waals surface area (Å²) in [6.07, 6.45) is 0.474. The van der Waals surface area contributed by atoms with Crippen molar-refractivity contribution in [1.29, 1.82) is 0 Å². The fraction of sp³-hybridized carbons (Fsp3) is 0.200. The largest absolute Gasteiger partial charge is 0.508 e. The molecule has 1 atom stereocenters. The molecule has 0 saturated carbocycles. The lowest BCUT2D eigenvalue weighted by Crippen LogP contribution is -2.03. The van der Waals surface area contributed by atoms with E-state index in [1.165, 1.54) is 18.2 Å². The Morgan fingerprint density at radius 3 is 2.23 bits per heavy atom. The Morgan fingerprint density at radius 2 is 1.64 bits per heavy atom. The number of benzene rings is 2. The predicted molar refractivity (Wildman–Crippen MR) is 84.0 cm³/mol. The maximum atomic E-state index is 11.1. The molecule has 0 radical (unpaired) electrons. The summed E-state index contributed by atoms with van der Waals surface area (Å²) in [5, 5.41) is 21.1. The lowest BCUT2D eigenvalue weighted by molar-refractivity contribution is 0.380. The predicted octanol–water partition coefficient (Wildman–Crippen LogP) is 2.95. The number of phenolic OH excluding ortho intramolecular Hbond substituents is 2. The fourth-order valence-electron chi connectivity index (χ4n) is 2.27. The van der Waals surface area contributed by atoms with Gasteiger partial charge in [0.1, 0.15) is 11.5 Å². The summed E-state index contributed by atoms with van der Waals surface area (Å²) in [6, 6.07) is 11.0. The van der Waals surface area contributed by atoms with E-state index in [1.807, 2.05) is 6.92 Å². The monoisotopic (exact) mass is 323 g/mol. The molecule has 0 bridgehead atoms. The van der Waals surface area contributed by atoms with Crippen LogP contribution in [0.3, 0.4) is 0 Å². The molecule has 0 heterocycles. The first-order chi connectivity index (χ1) is 10.2. The molecule has 0 aliphatic carbocycles. The van der Waals surface area contributed by atoms with E-state index in [-0.39, 0.29) is 23.1 Å². The molecule has 1 unspecified atom stereocenters. The summed E-state index contributed by atoms with van der Waals surface area (Å²) in [4.78, 5) is 18.1. The molecule has 0 saturated heterocycles. The van der Waals surface area contributed by atoms with E-state index in [1.54, 1.807) is 24.3 Å². The van der Waals surface area contributed by atoms with Gasteiger partial charge in [-0.3, -0.25) is 5.09 Å². The van der Waals surface area contributed by atoms with Crippen LogP contribution in [0.4, 0.5) is 5.69 Å². The lowest BCUT2D eigenvalue weighted by atomic mass is 9.93. The van der Waals surface area contributed by atoms with E-state index in [0.717, 1.165) is 5.56 Å². The van der Waals surface area contributed by atoms with Gasteiger partial charge in [0.25, 0.3) is 0 Å². The molecule has 2 rings (SSSR count). The first-order valence-corrected chi connectivity index (χ1v) is 8.30. The van der Waals surface area contributed by atoms with Crippen LogP contribution in [0.15, 0.2) is 42.5 Å². The van der Waals surface area contributed by atoms with Crippen LogP contribution in [0.1, 0.15) is 24.0 Å². The van der Waals surface area contributed by atoms with E-state index in [9.17, 15) is 14.8 Å². The van der Waals surface area contributed by atoms with Gasteiger partial charge in [0.05, 0.1) is 0 Å². The second-order valence-corrected chi connectivity index (χ2v) is 6.51. The van der Waals surface area contributed by atoms with Crippen molar-refractivity contribution in [3.63, 3.8) is 0 Å². The number of aromatic hydroxyl groups is 2. The van der Waals surface area contributed by atoms with Crippen LogP contribution in [-0.2, 0) is 11.0 Å². The second kappa shape index (κ2) is 6.40. The molecular formula is C15H18NO5P. The number of hydrogen-bond donors (Lipinski definition) is 5. The number of hydrogen-bond acceptors (Lipinski definition) is 3. The van der Waals surface area contributed by atoms with E-state index in [0.29, 0.717) is 12.0 Å². The van der Waals surface area contributed by atoms with Crippen molar-refractivity contribution in [2.75, 3.05) is 5.09 Å². The molecule has 2 aromatic rings. The van der Waals surface area contributed by atoms with Gasteiger partial charge < -0.3 is 20.0 Å². The quantitative estimate of drug-likeness (QED) is 0.427. The minimum atomic E-state index is -4.42. The number of rotatable bonds is 5. The van der Waals surface area contributed by atoms with Gasteiger partial charge in [0.15, 0.2) is 0 Å². The minimum Gasteiger partial charge on any atom is -0.508 e. The maximum absolute atomic E-state index is 11.1. The van der Waals surface area contributed by atoms with Gasteiger partial charge in [-0.25, -0.2) is 4.57 Å². The summed E-state index contributed by atoms with van der Waals surface area (Å²) < 4.78 is 11.1. The maximum Gasteiger partial charge on any atom is 0.427 e. The zero-order chi connectivity index (χ0) is 16.3. The molecule has 6 nitrogen and oxygen atoms in total. The van der Waals surface area contributed by atoms with Gasteiger partial charge in [-0.1, -0.05) is 19.1 Å². The topological polar surface area (TPSA) is 110 Å². The molecule has 0 aromatic heterocycles. The van der Waals surface area contributed by atoms with Gasteiger partial charge in [-0.2, -0.15) is 0 Å². The molecule has 0 spiro atoms. The summed E-state index contributed by atoms with van der Waals surface area (Å²) in [6.45, 7) is 1.96. The molecule has 5 N–H and O–H groups in total. The molecule has 2 aromatic carbocycles. The molecule has 22 heavy (non-hydrogen) atoms. The van der Waals surface area contributed by atoms with Crippen LogP contribution in [0.5, 0.6) is 11.5 Å². The highest BCUT2D eigenvalue weighted by atomic mass is 31.2. The molecule has 0 amide bonds. The van der Waals surface area contributed by atoms with E-state index in [2.05, 4.69) is 5.09 Å². The molecular weight excluding hydrogens is 305 g/mol.